The predicted octanol–water partition coefficient (Wildman–Crippen LogP) is 2.12. The number of carboxylic acid groups (broad SMARTS) is 1. The molecule has 6 nitrogen and oxygen atoms in total. The van der Waals surface area contributed by atoms with Crippen LogP contribution in [0.1, 0.15) is 0 Å². The van der Waals surface area contributed by atoms with Crippen molar-refractivity contribution in [1.82, 2.24) is 14.8 Å². The molecule has 0 aliphatic rings. The quantitative estimate of drug-likeness (QED) is 0.884. The van der Waals surface area contributed by atoms with E-state index in [1.165, 1.54) is 6.20 Å². The SMILES string of the molecule is O=C(O)Nc1cc(-n2cc(Br)cn2)ccn1. The van der Waals surface area contributed by atoms with Gasteiger partial charge in [-0.25, -0.2) is 14.5 Å². The van der Waals surface area contributed by atoms with Crippen LogP contribution in [0, 0.1) is 0 Å². The number of halogens is 1. The van der Waals surface area contributed by atoms with Crippen molar-refractivity contribution in [2.24, 2.45) is 0 Å². The smallest absolute Gasteiger partial charge is 0.410 e. The van der Waals surface area contributed by atoms with E-state index in [4.69, 9.17) is 5.11 Å². The highest BCUT2D eigenvalue weighted by Crippen LogP contribution is 2.14. The first-order valence-corrected chi connectivity index (χ1v) is 5.11. The third-order valence-corrected chi connectivity index (χ3v) is 2.20. The third-order valence-electron chi connectivity index (χ3n) is 1.79. The number of hydrogen-bond acceptors (Lipinski definition) is 3. The molecule has 0 saturated heterocycles. The maximum atomic E-state index is 10.4. The van der Waals surface area contributed by atoms with Crippen LogP contribution < -0.4 is 5.32 Å². The summed E-state index contributed by atoms with van der Waals surface area (Å²) < 4.78 is 2.45. The highest BCUT2D eigenvalue weighted by atomic mass is 79.9. The van der Waals surface area contributed by atoms with Crippen LogP contribution in [-0.2, 0) is 0 Å². The van der Waals surface area contributed by atoms with Crippen molar-refractivity contribution < 1.29 is 9.90 Å². The van der Waals surface area contributed by atoms with Crippen molar-refractivity contribution in [2.45, 2.75) is 0 Å². The van der Waals surface area contributed by atoms with Crippen LogP contribution >= 0.6 is 15.9 Å². The summed E-state index contributed by atoms with van der Waals surface area (Å²) in [5.74, 6) is 0.261. The minimum Gasteiger partial charge on any atom is -0.465 e. The highest BCUT2D eigenvalue weighted by molar-refractivity contribution is 9.10. The molecule has 0 aliphatic carbocycles. The standard InChI is InChI=1S/C9H7BrN4O2/c10-6-4-12-14(5-6)7-1-2-11-8(3-7)13-9(15)16/h1-5H,(H,11,13)(H,15,16). The van der Waals surface area contributed by atoms with E-state index in [1.807, 2.05) is 0 Å². The minimum absolute atomic E-state index is 0.261. The summed E-state index contributed by atoms with van der Waals surface area (Å²) in [6.45, 7) is 0. The average molecular weight is 283 g/mol. The van der Waals surface area contributed by atoms with E-state index < -0.39 is 6.09 Å². The number of aromatic nitrogens is 3. The van der Waals surface area contributed by atoms with Crippen LogP contribution in [0.3, 0.4) is 0 Å². The van der Waals surface area contributed by atoms with E-state index in [-0.39, 0.29) is 5.82 Å². The first kappa shape index (κ1) is 10.6. The fourth-order valence-electron chi connectivity index (χ4n) is 1.18. The van der Waals surface area contributed by atoms with Crippen LogP contribution in [0.2, 0.25) is 0 Å². The second kappa shape index (κ2) is 4.31. The van der Waals surface area contributed by atoms with E-state index >= 15 is 0 Å². The zero-order valence-corrected chi connectivity index (χ0v) is 9.55. The largest absolute Gasteiger partial charge is 0.465 e. The lowest BCUT2D eigenvalue weighted by Gasteiger charge is -2.03. The monoisotopic (exact) mass is 282 g/mol. The maximum absolute atomic E-state index is 10.4. The Balaban J connectivity index is 2.32. The summed E-state index contributed by atoms with van der Waals surface area (Å²) >= 11 is 3.28. The minimum atomic E-state index is -1.15. The number of carbonyl (C=O) groups is 1. The first-order chi connectivity index (χ1) is 7.65. The van der Waals surface area contributed by atoms with Crippen molar-refractivity contribution in [3.63, 3.8) is 0 Å². The molecule has 82 valence electrons. The van der Waals surface area contributed by atoms with Gasteiger partial charge in [0.1, 0.15) is 5.82 Å². The number of pyridine rings is 1. The molecule has 0 radical (unpaired) electrons. The molecule has 0 bridgehead atoms. The molecule has 2 aromatic rings. The van der Waals surface area contributed by atoms with Crippen molar-refractivity contribution >= 4 is 27.8 Å². The third kappa shape index (κ3) is 2.37. The van der Waals surface area contributed by atoms with Gasteiger partial charge in [0.25, 0.3) is 0 Å². The van der Waals surface area contributed by atoms with Gasteiger partial charge in [0.15, 0.2) is 0 Å². The van der Waals surface area contributed by atoms with Crippen molar-refractivity contribution in [3.8, 4) is 5.69 Å². The van der Waals surface area contributed by atoms with Gasteiger partial charge in [-0.2, -0.15) is 5.10 Å². The molecule has 0 saturated carbocycles. The number of hydrogen-bond donors (Lipinski definition) is 2. The molecule has 0 aromatic carbocycles. The molecule has 2 N–H and O–H groups in total. The molecule has 2 rings (SSSR count). The maximum Gasteiger partial charge on any atom is 0.410 e. The molecule has 0 atom stereocenters. The van der Waals surface area contributed by atoms with E-state index in [1.54, 1.807) is 29.2 Å². The Bertz CT molecular complexity index is 526. The Labute approximate surface area is 99.1 Å². The number of amides is 1. The van der Waals surface area contributed by atoms with Crippen molar-refractivity contribution in [1.29, 1.82) is 0 Å². The van der Waals surface area contributed by atoms with Crippen molar-refractivity contribution in [3.05, 3.63) is 35.2 Å². The highest BCUT2D eigenvalue weighted by Gasteiger charge is 2.03. The first-order valence-electron chi connectivity index (χ1n) is 4.32. The summed E-state index contributed by atoms with van der Waals surface area (Å²) in [6, 6.07) is 3.32. The normalized spacial score (nSPS) is 10.1. The van der Waals surface area contributed by atoms with Crippen LogP contribution in [-0.4, -0.2) is 26.0 Å². The molecule has 2 aromatic heterocycles. The Morgan fingerprint density at radius 2 is 2.38 bits per heavy atom. The molecule has 0 unspecified atom stereocenters. The van der Waals surface area contributed by atoms with E-state index in [0.717, 1.165) is 10.2 Å². The zero-order chi connectivity index (χ0) is 11.5. The van der Waals surface area contributed by atoms with Gasteiger partial charge in [-0.1, -0.05) is 0 Å². The number of nitrogens with zero attached hydrogens (tertiary/aromatic N) is 3. The molecular weight excluding hydrogens is 276 g/mol. The summed E-state index contributed by atoms with van der Waals surface area (Å²) in [5, 5.41) is 14.8. The second-order valence-electron chi connectivity index (χ2n) is 2.93. The zero-order valence-electron chi connectivity index (χ0n) is 7.96. The number of anilines is 1. The summed E-state index contributed by atoms with van der Waals surface area (Å²) in [6.07, 6.45) is 3.77. The Morgan fingerprint density at radius 1 is 1.56 bits per heavy atom. The predicted molar refractivity (Wildman–Crippen MR) is 60.7 cm³/mol. The molecule has 2 heterocycles. The molecule has 0 fully saturated rings. The summed E-state index contributed by atoms with van der Waals surface area (Å²) in [5.41, 5.74) is 0.726. The van der Waals surface area contributed by atoms with Gasteiger partial charge < -0.3 is 5.11 Å². The Hall–Kier alpha value is -1.89. The van der Waals surface area contributed by atoms with Crippen molar-refractivity contribution in [2.75, 3.05) is 5.32 Å². The second-order valence-corrected chi connectivity index (χ2v) is 3.85. The van der Waals surface area contributed by atoms with Gasteiger partial charge in [0, 0.05) is 18.5 Å². The fourth-order valence-corrected chi connectivity index (χ4v) is 1.47. The number of rotatable bonds is 2. The van der Waals surface area contributed by atoms with Crippen LogP contribution in [0.4, 0.5) is 10.6 Å². The molecule has 16 heavy (non-hydrogen) atoms. The van der Waals surface area contributed by atoms with Gasteiger partial charge in [-0.15, -0.1) is 0 Å². The van der Waals surface area contributed by atoms with Crippen LogP contribution in [0.15, 0.2) is 35.2 Å². The molecular formula is C9H7BrN4O2. The lowest BCUT2D eigenvalue weighted by atomic mass is 10.4. The van der Waals surface area contributed by atoms with Crippen LogP contribution in [0.25, 0.3) is 5.69 Å². The lowest BCUT2D eigenvalue weighted by molar-refractivity contribution is 0.209. The molecule has 7 heteroatoms. The topological polar surface area (TPSA) is 80.0 Å². The molecule has 0 spiro atoms. The summed E-state index contributed by atoms with van der Waals surface area (Å²) in [7, 11) is 0. The fraction of sp³-hybridized carbons (Fsp3) is 0. The van der Waals surface area contributed by atoms with Gasteiger partial charge >= 0.3 is 6.09 Å². The van der Waals surface area contributed by atoms with Gasteiger partial charge in [0.2, 0.25) is 0 Å². The van der Waals surface area contributed by atoms with E-state index in [2.05, 4.69) is 31.3 Å². The van der Waals surface area contributed by atoms with Gasteiger partial charge in [-0.05, 0) is 22.0 Å². The Morgan fingerprint density at radius 3 is 3.00 bits per heavy atom. The Kier molecular flexibility index (Phi) is 2.86. The molecule has 0 aliphatic heterocycles. The average Bonchev–Trinajstić information content (AvgIpc) is 2.64. The van der Waals surface area contributed by atoms with E-state index in [0.29, 0.717) is 0 Å². The molecule has 1 amide bonds. The van der Waals surface area contributed by atoms with E-state index in [9.17, 15) is 4.79 Å². The number of nitrogens with one attached hydrogen (secondary N) is 1. The van der Waals surface area contributed by atoms with Gasteiger partial charge in [-0.3, -0.25) is 5.32 Å². The van der Waals surface area contributed by atoms with Crippen LogP contribution in [0.5, 0.6) is 0 Å². The lowest BCUT2D eigenvalue weighted by Crippen LogP contribution is -2.09. The van der Waals surface area contributed by atoms with Gasteiger partial charge in [0.05, 0.1) is 16.4 Å². The summed E-state index contributed by atoms with van der Waals surface area (Å²) in [4.78, 5) is 14.3.